The predicted octanol–water partition coefficient (Wildman–Crippen LogP) is 10.2. The van der Waals surface area contributed by atoms with Gasteiger partial charge in [0.15, 0.2) is 11.0 Å². The molecule has 0 aliphatic carbocycles. The summed E-state index contributed by atoms with van der Waals surface area (Å²) in [4.78, 5) is 32.0. The van der Waals surface area contributed by atoms with E-state index in [4.69, 9.17) is 30.8 Å². The van der Waals surface area contributed by atoms with E-state index in [1.54, 1.807) is 70.4 Å². The number of hydrogen-bond acceptors (Lipinski definition) is 10. The van der Waals surface area contributed by atoms with Gasteiger partial charge in [0, 0.05) is 44.2 Å². The number of carbonyl (C=O) groups excluding carboxylic acids is 1. The third-order valence-electron chi connectivity index (χ3n) is 9.69. The van der Waals surface area contributed by atoms with Crippen LogP contribution in [0.4, 0.5) is 34.0 Å². The molecule has 5 aromatic rings. The summed E-state index contributed by atoms with van der Waals surface area (Å²) in [5.74, 6) is 0.746. The smallest absolute Gasteiger partial charge is 0.418 e. The van der Waals surface area contributed by atoms with Crippen molar-refractivity contribution in [1.82, 2.24) is 19.9 Å². The molecule has 10 nitrogen and oxygen atoms in total. The molecule has 58 heavy (non-hydrogen) atoms. The number of halogens is 5. The number of thioether (sulfide) groups is 1. The quantitative estimate of drug-likeness (QED) is 0.0769. The molecule has 0 bridgehead atoms. The normalized spacial score (nSPS) is 14.8. The molecule has 1 aliphatic heterocycles. The number of methoxy groups -OCH3 is 2. The fourth-order valence-corrected chi connectivity index (χ4v) is 7.57. The lowest BCUT2D eigenvalue weighted by Gasteiger charge is -2.41. The molecule has 0 unspecified atom stereocenters. The molecule has 3 heterocycles. The standard InChI is InChI=1S/C42H45ClF4N6O4S/c1-24-19-32(52(22-26-9-13-28(55-6)14-10-26)23-27-11-15-29(56-7)16-12-27)48-37(34(24)42(45,46)47)33-31(43)20-30-36(35(33)44)49-39(58-8)50-38(30)53-18-17-51(21-25(53)2)40(54)57-41(3,4)5/h9-16,19-20,25H,17-18,21-23H2,1-8H3/t25-/m0/s1. The first kappa shape index (κ1) is 42.6. The Morgan fingerprint density at radius 3 is 2.02 bits per heavy atom. The van der Waals surface area contributed by atoms with Crippen LogP contribution in [0.2, 0.25) is 5.02 Å². The summed E-state index contributed by atoms with van der Waals surface area (Å²) in [5, 5.41) is 0.123. The Morgan fingerprint density at radius 2 is 1.52 bits per heavy atom. The average molecular weight is 841 g/mol. The maximum Gasteiger partial charge on any atom is 0.418 e. The van der Waals surface area contributed by atoms with E-state index in [1.807, 2.05) is 41.0 Å². The van der Waals surface area contributed by atoms with Crippen LogP contribution in [0.1, 0.15) is 49.9 Å². The Bertz CT molecular complexity index is 2240. The molecule has 1 fully saturated rings. The summed E-state index contributed by atoms with van der Waals surface area (Å²) in [7, 11) is 3.12. The van der Waals surface area contributed by atoms with Crippen molar-refractivity contribution in [3.8, 4) is 22.8 Å². The first-order valence-corrected chi connectivity index (χ1v) is 20.1. The summed E-state index contributed by atoms with van der Waals surface area (Å²) in [6, 6.07) is 17.1. The van der Waals surface area contributed by atoms with E-state index >= 15 is 17.6 Å². The molecule has 0 saturated carbocycles. The number of fused-ring (bicyclic) bond motifs is 1. The van der Waals surface area contributed by atoms with Gasteiger partial charge in [-0.1, -0.05) is 47.6 Å². The van der Waals surface area contributed by atoms with Gasteiger partial charge in [0.05, 0.1) is 36.1 Å². The highest BCUT2D eigenvalue weighted by Crippen LogP contribution is 2.45. The third kappa shape index (κ3) is 9.31. The molecule has 16 heteroatoms. The summed E-state index contributed by atoms with van der Waals surface area (Å²) >= 11 is 8.04. The minimum atomic E-state index is -4.92. The van der Waals surface area contributed by atoms with Crippen LogP contribution in [0.25, 0.3) is 22.2 Å². The highest BCUT2D eigenvalue weighted by atomic mass is 35.5. The Balaban J connectivity index is 1.48. The number of alkyl halides is 3. The van der Waals surface area contributed by atoms with E-state index in [0.29, 0.717) is 30.4 Å². The van der Waals surface area contributed by atoms with Gasteiger partial charge in [-0.25, -0.2) is 24.1 Å². The highest BCUT2D eigenvalue weighted by Gasteiger charge is 2.39. The van der Waals surface area contributed by atoms with Gasteiger partial charge < -0.3 is 28.9 Å². The Hall–Kier alpha value is -5.02. The molecule has 1 saturated heterocycles. The van der Waals surface area contributed by atoms with Gasteiger partial charge in [0.1, 0.15) is 34.3 Å². The number of ether oxygens (including phenoxy) is 3. The number of carbonyl (C=O) groups is 1. The summed E-state index contributed by atoms with van der Waals surface area (Å²) in [5.41, 5.74) is -1.68. The topological polar surface area (TPSA) is 93.2 Å². The maximum absolute atomic E-state index is 17.3. The number of benzene rings is 3. The zero-order valence-electron chi connectivity index (χ0n) is 33.5. The molecule has 3 aromatic carbocycles. The Morgan fingerprint density at radius 1 is 0.931 bits per heavy atom. The van der Waals surface area contributed by atoms with Gasteiger partial charge >= 0.3 is 12.3 Å². The lowest BCUT2D eigenvalue weighted by atomic mass is 9.98. The van der Waals surface area contributed by atoms with Crippen LogP contribution >= 0.6 is 23.4 Å². The van der Waals surface area contributed by atoms with Crippen LogP contribution in [0.5, 0.6) is 11.5 Å². The molecule has 1 atom stereocenters. The van der Waals surface area contributed by atoms with Crippen LogP contribution < -0.4 is 19.3 Å². The number of aromatic nitrogens is 3. The van der Waals surface area contributed by atoms with Gasteiger partial charge in [0.2, 0.25) is 0 Å². The number of pyridine rings is 1. The second kappa shape index (κ2) is 17.1. The number of anilines is 2. The number of aryl methyl sites for hydroxylation is 1. The van der Waals surface area contributed by atoms with Crippen molar-refractivity contribution in [3.05, 3.63) is 93.8 Å². The summed E-state index contributed by atoms with van der Waals surface area (Å²) in [6.07, 6.45) is -3.65. The molecule has 1 aliphatic rings. The monoisotopic (exact) mass is 840 g/mol. The zero-order chi connectivity index (χ0) is 42.1. The van der Waals surface area contributed by atoms with Crippen LogP contribution in [-0.4, -0.2) is 77.7 Å². The number of nitrogens with zero attached hydrogens (tertiary/aromatic N) is 6. The minimum absolute atomic E-state index is 0.164. The van der Waals surface area contributed by atoms with Crippen molar-refractivity contribution in [1.29, 1.82) is 0 Å². The van der Waals surface area contributed by atoms with Crippen molar-refractivity contribution in [2.24, 2.45) is 0 Å². The van der Waals surface area contributed by atoms with Crippen molar-refractivity contribution in [2.75, 3.05) is 49.9 Å². The second-order valence-electron chi connectivity index (χ2n) is 15.0. The lowest BCUT2D eigenvalue weighted by Crippen LogP contribution is -2.55. The Labute approximate surface area is 344 Å². The van der Waals surface area contributed by atoms with E-state index in [1.165, 1.54) is 19.1 Å². The van der Waals surface area contributed by atoms with E-state index in [2.05, 4.69) is 9.97 Å². The van der Waals surface area contributed by atoms with Gasteiger partial charge in [-0.05, 0) is 94.0 Å². The molecular weight excluding hydrogens is 796 g/mol. The number of rotatable bonds is 10. The average Bonchev–Trinajstić information content (AvgIpc) is 3.16. The minimum Gasteiger partial charge on any atom is -0.497 e. The molecule has 308 valence electrons. The fourth-order valence-electron chi connectivity index (χ4n) is 6.93. The van der Waals surface area contributed by atoms with Crippen molar-refractivity contribution in [2.45, 2.75) is 70.7 Å². The molecule has 0 spiro atoms. The van der Waals surface area contributed by atoms with E-state index in [-0.39, 0.29) is 58.1 Å². The van der Waals surface area contributed by atoms with Crippen molar-refractivity contribution in [3.63, 3.8) is 0 Å². The molecule has 6 rings (SSSR count). The highest BCUT2D eigenvalue weighted by molar-refractivity contribution is 7.98. The van der Waals surface area contributed by atoms with Crippen LogP contribution in [0.15, 0.2) is 65.8 Å². The summed E-state index contributed by atoms with van der Waals surface area (Å²) in [6.45, 7) is 9.99. The fraction of sp³-hybridized carbons (Fsp3) is 0.381. The first-order chi connectivity index (χ1) is 27.4. The number of piperazine rings is 1. The van der Waals surface area contributed by atoms with Crippen LogP contribution in [0.3, 0.4) is 0 Å². The number of amides is 1. The van der Waals surface area contributed by atoms with Gasteiger partial charge in [-0.15, -0.1) is 0 Å². The third-order valence-corrected chi connectivity index (χ3v) is 10.5. The van der Waals surface area contributed by atoms with Crippen LogP contribution in [-0.2, 0) is 24.0 Å². The predicted molar refractivity (Wildman–Crippen MR) is 220 cm³/mol. The lowest BCUT2D eigenvalue weighted by molar-refractivity contribution is -0.137. The molecular formula is C42H45ClF4N6O4S. The van der Waals surface area contributed by atoms with Gasteiger partial charge in [0.25, 0.3) is 0 Å². The molecule has 0 N–H and O–H groups in total. The largest absolute Gasteiger partial charge is 0.497 e. The Kier molecular flexibility index (Phi) is 12.5. The van der Waals surface area contributed by atoms with Crippen LogP contribution in [0, 0.1) is 12.7 Å². The van der Waals surface area contributed by atoms with E-state index < -0.39 is 40.5 Å². The first-order valence-electron chi connectivity index (χ1n) is 18.5. The SMILES string of the molecule is COc1ccc(CN(Cc2ccc(OC)cc2)c2cc(C)c(C(F)(F)F)c(-c3c(Cl)cc4c(N5CCN(C(=O)OC(C)(C)C)C[C@@H]5C)nc(SC)nc4c3F)n2)cc1. The maximum atomic E-state index is 17.3. The molecule has 2 aromatic heterocycles. The number of hydrogen-bond donors (Lipinski definition) is 0. The summed E-state index contributed by atoms with van der Waals surface area (Å²) < 4.78 is 78.7. The molecule has 0 radical (unpaired) electrons. The van der Waals surface area contributed by atoms with E-state index in [0.717, 1.165) is 22.9 Å². The van der Waals surface area contributed by atoms with E-state index in [9.17, 15) is 4.79 Å². The second-order valence-corrected chi connectivity index (χ2v) is 16.2. The van der Waals surface area contributed by atoms with Crippen molar-refractivity contribution < 1.29 is 36.6 Å². The molecule has 1 amide bonds. The van der Waals surface area contributed by atoms with Gasteiger partial charge in [-0.3, -0.25) is 0 Å². The zero-order valence-corrected chi connectivity index (χ0v) is 35.1. The van der Waals surface area contributed by atoms with Gasteiger partial charge in [-0.2, -0.15) is 13.2 Å². The van der Waals surface area contributed by atoms with Crippen molar-refractivity contribution >= 4 is 52.0 Å².